The number of aromatic nitrogens is 1. The lowest BCUT2D eigenvalue weighted by atomic mass is 9.78. The number of rotatable bonds is 2. The Hall–Kier alpha value is -1.09. The van der Waals surface area contributed by atoms with Crippen LogP contribution in [-0.4, -0.2) is 17.6 Å². The molecule has 1 saturated heterocycles. The van der Waals surface area contributed by atoms with E-state index < -0.39 is 0 Å². The molecular formula is C16H25N3. The third kappa shape index (κ3) is 2.62. The summed E-state index contributed by atoms with van der Waals surface area (Å²) < 4.78 is 0. The van der Waals surface area contributed by atoms with E-state index in [0.717, 1.165) is 24.3 Å². The standard InChI is InChI=1S/C16H25N3/c1-12(17)14-8-9-18-16(11-14)19-10-4-6-13-5-2-3-7-15(13)19/h8-9,11-13,15H,2-7,10,17H2,1H3. The van der Waals surface area contributed by atoms with Crippen LogP contribution in [0.3, 0.4) is 0 Å². The molecule has 1 aromatic heterocycles. The number of fused-ring (bicyclic) bond motifs is 1. The van der Waals surface area contributed by atoms with Crippen LogP contribution in [0.1, 0.15) is 57.1 Å². The van der Waals surface area contributed by atoms with Crippen molar-refractivity contribution >= 4 is 5.82 Å². The lowest BCUT2D eigenvalue weighted by Gasteiger charge is -2.45. The fourth-order valence-corrected chi connectivity index (χ4v) is 3.78. The van der Waals surface area contributed by atoms with Gasteiger partial charge in [0.1, 0.15) is 5.82 Å². The van der Waals surface area contributed by atoms with Crippen LogP contribution in [-0.2, 0) is 0 Å². The minimum Gasteiger partial charge on any atom is -0.353 e. The second-order valence-corrected chi connectivity index (χ2v) is 6.18. The van der Waals surface area contributed by atoms with Gasteiger partial charge in [-0.15, -0.1) is 0 Å². The third-order valence-corrected chi connectivity index (χ3v) is 4.83. The Labute approximate surface area is 116 Å². The SMILES string of the molecule is CC(N)c1ccnc(N2CCCC3CCCCC32)c1. The fraction of sp³-hybridized carbons (Fsp3) is 0.688. The normalized spacial score (nSPS) is 28.8. The highest BCUT2D eigenvalue weighted by molar-refractivity contribution is 5.43. The van der Waals surface area contributed by atoms with Gasteiger partial charge >= 0.3 is 0 Å². The van der Waals surface area contributed by atoms with Crippen LogP contribution in [0, 0.1) is 5.92 Å². The lowest BCUT2D eigenvalue weighted by Crippen LogP contribution is -2.47. The van der Waals surface area contributed by atoms with E-state index >= 15 is 0 Å². The summed E-state index contributed by atoms with van der Waals surface area (Å²) in [6.07, 6.45) is 10.2. The van der Waals surface area contributed by atoms with Gasteiger partial charge in [-0.3, -0.25) is 0 Å². The Morgan fingerprint density at radius 3 is 2.89 bits per heavy atom. The van der Waals surface area contributed by atoms with Crippen LogP contribution < -0.4 is 10.6 Å². The first-order valence-corrected chi connectivity index (χ1v) is 7.74. The molecule has 0 bridgehead atoms. The van der Waals surface area contributed by atoms with E-state index in [0.29, 0.717) is 0 Å². The second-order valence-electron chi connectivity index (χ2n) is 6.18. The zero-order chi connectivity index (χ0) is 13.2. The predicted octanol–water partition coefficient (Wildman–Crippen LogP) is 3.26. The zero-order valence-electron chi connectivity index (χ0n) is 11.9. The van der Waals surface area contributed by atoms with Crippen molar-refractivity contribution in [3.63, 3.8) is 0 Å². The van der Waals surface area contributed by atoms with E-state index in [2.05, 4.69) is 16.0 Å². The van der Waals surface area contributed by atoms with E-state index in [4.69, 9.17) is 5.73 Å². The summed E-state index contributed by atoms with van der Waals surface area (Å²) in [6, 6.07) is 5.05. The summed E-state index contributed by atoms with van der Waals surface area (Å²) in [5.74, 6) is 2.04. The maximum absolute atomic E-state index is 6.00. The van der Waals surface area contributed by atoms with Crippen molar-refractivity contribution in [3.05, 3.63) is 23.9 Å². The minimum atomic E-state index is 0.0914. The Morgan fingerprint density at radius 2 is 2.05 bits per heavy atom. The van der Waals surface area contributed by atoms with E-state index in [-0.39, 0.29) is 6.04 Å². The molecule has 1 aromatic rings. The maximum Gasteiger partial charge on any atom is 0.129 e. The van der Waals surface area contributed by atoms with Crippen LogP contribution in [0.15, 0.2) is 18.3 Å². The van der Waals surface area contributed by atoms with Gasteiger partial charge < -0.3 is 10.6 Å². The average Bonchev–Trinajstić information content (AvgIpc) is 2.47. The van der Waals surface area contributed by atoms with E-state index in [1.807, 2.05) is 19.2 Å². The van der Waals surface area contributed by atoms with Gasteiger partial charge in [-0.1, -0.05) is 12.8 Å². The molecule has 1 aliphatic heterocycles. The van der Waals surface area contributed by atoms with Crippen molar-refractivity contribution in [3.8, 4) is 0 Å². The molecule has 0 spiro atoms. The highest BCUT2D eigenvalue weighted by Gasteiger charge is 2.33. The number of piperidine rings is 1. The van der Waals surface area contributed by atoms with Crippen molar-refractivity contribution in [1.82, 2.24) is 4.98 Å². The topological polar surface area (TPSA) is 42.1 Å². The summed E-state index contributed by atoms with van der Waals surface area (Å²) in [4.78, 5) is 7.16. The first kappa shape index (κ1) is 12.9. The highest BCUT2D eigenvalue weighted by atomic mass is 15.2. The van der Waals surface area contributed by atoms with E-state index in [1.54, 1.807) is 0 Å². The Kier molecular flexibility index (Phi) is 3.74. The quantitative estimate of drug-likeness (QED) is 0.886. The molecule has 0 aromatic carbocycles. The molecule has 104 valence electrons. The molecule has 3 atom stereocenters. The average molecular weight is 259 g/mol. The number of hydrogen-bond donors (Lipinski definition) is 1. The molecule has 1 aliphatic carbocycles. The third-order valence-electron chi connectivity index (χ3n) is 4.83. The Bertz CT molecular complexity index is 428. The van der Waals surface area contributed by atoms with Gasteiger partial charge in [-0.2, -0.15) is 0 Å². The van der Waals surface area contributed by atoms with Gasteiger partial charge in [0.15, 0.2) is 0 Å². The maximum atomic E-state index is 6.00. The molecule has 1 saturated carbocycles. The van der Waals surface area contributed by atoms with E-state index in [9.17, 15) is 0 Å². The van der Waals surface area contributed by atoms with Crippen LogP contribution in [0.2, 0.25) is 0 Å². The smallest absolute Gasteiger partial charge is 0.129 e. The number of nitrogens with two attached hydrogens (primary N) is 1. The van der Waals surface area contributed by atoms with Gasteiger partial charge in [-0.25, -0.2) is 4.98 Å². The van der Waals surface area contributed by atoms with E-state index in [1.165, 1.54) is 44.1 Å². The van der Waals surface area contributed by atoms with Crippen LogP contribution in [0.4, 0.5) is 5.82 Å². The number of anilines is 1. The molecule has 2 N–H and O–H groups in total. The molecule has 2 heterocycles. The first-order chi connectivity index (χ1) is 9.25. The molecule has 0 radical (unpaired) electrons. The van der Waals surface area contributed by atoms with Crippen molar-refractivity contribution in [2.75, 3.05) is 11.4 Å². The molecule has 19 heavy (non-hydrogen) atoms. The molecule has 2 fully saturated rings. The number of pyridine rings is 1. The van der Waals surface area contributed by atoms with Crippen LogP contribution in [0.25, 0.3) is 0 Å². The minimum absolute atomic E-state index is 0.0914. The summed E-state index contributed by atoms with van der Waals surface area (Å²) in [6.45, 7) is 3.20. The number of nitrogens with zero attached hydrogens (tertiary/aromatic N) is 2. The molecule has 3 rings (SSSR count). The molecule has 3 unspecified atom stereocenters. The zero-order valence-corrected chi connectivity index (χ0v) is 11.9. The largest absolute Gasteiger partial charge is 0.353 e. The highest BCUT2D eigenvalue weighted by Crippen LogP contribution is 2.37. The Balaban J connectivity index is 1.85. The number of hydrogen-bond acceptors (Lipinski definition) is 3. The molecule has 0 amide bonds. The second kappa shape index (κ2) is 5.49. The lowest BCUT2D eigenvalue weighted by molar-refractivity contribution is 0.242. The van der Waals surface area contributed by atoms with Crippen LogP contribution in [0.5, 0.6) is 0 Å². The van der Waals surface area contributed by atoms with Gasteiger partial charge in [0, 0.05) is 24.8 Å². The Morgan fingerprint density at radius 1 is 1.26 bits per heavy atom. The summed E-state index contributed by atoms with van der Waals surface area (Å²) >= 11 is 0. The van der Waals surface area contributed by atoms with Crippen molar-refractivity contribution in [1.29, 1.82) is 0 Å². The molecule has 3 nitrogen and oxygen atoms in total. The van der Waals surface area contributed by atoms with Gasteiger partial charge in [0.2, 0.25) is 0 Å². The van der Waals surface area contributed by atoms with Gasteiger partial charge in [0.05, 0.1) is 0 Å². The van der Waals surface area contributed by atoms with Crippen molar-refractivity contribution in [2.24, 2.45) is 11.7 Å². The molecule has 3 heteroatoms. The first-order valence-electron chi connectivity index (χ1n) is 7.74. The summed E-state index contributed by atoms with van der Waals surface area (Å²) in [7, 11) is 0. The van der Waals surface area contributed by atoms with Crippen molar-refractivity contribution < 1.29 is 0 Å². The predicted molar refractivity (Wildman–Crippen MR) is 79.2 cm³/mol. The monoisotopic (exact) mass is 259 g/mol. The fourth-order valence-electron chi connectivity index (χ4n) is 3.78. The summed E-state index contributed by atoms with van der Waals surface area (Å²) in [5, 5.41) is 0. The molecular weight excluding hydrogens is 234 g/mol. The van der Waals surface area contributed by atoms with Crippen molar-refractivity contribution in [2.45, 2.75) is 57.5 Å². The van der Waals surface area contributed by atoms with Gasteiger partial charge in [-0.05, 0) is 56.2 Å². The molecule has 2 aliphatic rings. The van der Waals surface area contributed by atoms with Crippen LogP contribution >= 0.6 is 0 Å². The summed E-state index contributed by atoms with van der Waals surface area (Å²) in [5.41, 5.74) is 7.19. The van der Waals surface area contributed by atoms with Gasteiger partial charge in [0.25, 0.3) is 0 Å².